The Hall–Kier alpha value is -3.41. The maximum atomic E-state index is 12.7. The first-order valence-electron chi connectivity index (χ1n) is 9.09. The Bertz CT molecular complexity index is 985. The molecule has 6 nitrogen and oxygen atoms in total. The molecule has 0 atom stereocenters. The molecule has 6 heteroatoms. The number of benzene rings is 2. The van der Waals surface area contributed by atoms with E-state index in [9.17, 15) is 9.59 Å². The van der Waals surface area contributed by atoms with E-state index < -0.39 is 0 Å². The summed E-state index contributed by atoms with van der Waals surface area (Å²) >= 11 is 0. The minimum atomic E-state index is -0.225. The van der Waals surface area contributed by atoms with E-state index in [0.717, 1.165) is 28.2 Å². The average molecular weight is 376 g/mol. The van der Waals surface area contributed by atoms with E-state index in [1.807, 2.05) is 57.2 Å². The fourth-order valence-corrected chi connectivity index (χ4v) is 3.08. The number of nitrogens with zero attached hydrogens (tertiary/aromatic N) is 3. The van der Waals surface area contributed by atoms with Gasteiger partial charge in [0, 0.05) is 30.2 Å². The lowest BCUT2D eigenvalue weighted by atomic mass is 10.1. The van der Waals surface area contributed by atoms with Crippen molar-refractivity contribution in [2.45, 2.75) is 20.8 Å². The first-order valence-corrected chi connectivity index (χ1v) is 9.09. The Morgan fingerprint density at radius 1 is 1.00 bits per heavy atom. The van der Waals surface area contributed by atoms with E-state index in [-0.39, 0.29) is 18.4 Å². The number of aryl methyl sites for hydroxylation is 3. The van der Waals surface area contributed by atoms with E-state index in [1.54, 1.807) is 30.1 Å². The Kier molecular flexibility index (Phi) is 5.59. The molecule has 2 aromatic carbocycles. The average Bonchev–Trinajstić information content (AvgIpc) is 3.10. The zero-order chi connectivity index (χ0) is 20.3. The van der Waals surface area contributed by atoms with Crippen LogP contribution in [0.25, 0.3) is 5.69 Å². The zero-order valence-electron chi connectivity index (χ0n) is 16.6. The maximum absolute atomic E-state index is 12.7. The summed E-state index contributed by atoms with van der Waals surface area (Å²) in [6.45, 7) is 5.84. The smallest absolute Gasteiger partial charge is 0.254 e. The molecule has 0 unspecified atom stereocenters. The second kappa shape index (κ2) is 8.08. The minimum Gasteiger partial charge on any atom is -0.332 e. The van der Waals surface area contributed by atoms with Crippen molar-refractivity contribution in [1.82, 2.24) is 14.7 Å². The molecule has 0 spiro atoms. The number of aromatic nitrogens is 2. The molecule has 0 bridgehead atoms. The van der Waals surface area contributed by atoms with Crippen molar-refractivity contribution in [3.63, 3.8) is 0 Å². The van der Waals surface area contributed by atoms with Crippen LogP contribution in [0.2, 0.25) is 0 Å². The van der Waals surface area contributed by atoms with Crippen molar-refractivity contribution in [2.24, 2.45) is 0 Å². The molecule has 1 aromatic heterocycles. The van der Waals surface area contributed by atoms with Crippen LogP contribution in [-0.2, 0) is 4.79 Å². The van der Waals surface area contributed by atoms with Gasteiger partial charge < -0.3 is 10.2 Å². The van der Waals surface area contributed by atoms with E-state index in [2.05, 4.69) is 10.4 Å². The summed E-state index contributed by atoms with van der Waals surface area (Å²) < 4.78 is 1.80. The predicted octanol–water partition coefficient (Wildman–Crippen LogP) is 3.51. The number of carbonyl (C=O) groups is 2. The summed E-state index contributed by atoms with van der Waals surface area (Å²) in [6.07, 6.45) is 1.73. The topological polar surface area (TPSA) is 67.2 Å². The fraction of sp³-hybridized carbons (Fsp3) is 0.227. The van der Waals surface area contributed by atoms with Crippen molar-refractivity contribution in [1.29, 1.82) is 0 Å². The zero-order valence-corrected chi connectivity index (χ0v) is 16.6. The normalized spacial score (nSPS) is 10.6. The molecule has 0 aliphatic rings. The number of anilines is 1. The number of amides is 2. The van der Waals surface area contributed by atoms with Gasteiger partial charge in [0.2, 0.25) is 5.91 Å². The highest BCUT2D eigenvalue weighted by Crippen LogP contribution is 2.19. The van der Waals surface area contributed by atoms with Crippen LogP contribution < -0.4 is 5.32 Å². The van der Waals surface area contributed by atoms with Gasteiger partial charge in [0.05, 0.1) is 12.2 Å². The molecule has 0 radical (unpaired) electrons. The molecule has 3 aromatic rings. The molecule has 0 saturated carbocycles. The Balaban J connectivity index is 1.65. The predicted molar refractivity (Wildman–Crippen MR) is 110 cm³/mol. The van der Waals surface area contributed by atoms with Crippen LogP contribution >= 0.6 is 0 Å². The molecular formula is C22H24N4O2. The van der Waals surface area contributed by atoms with Gasteiger partial charge in [-0.3, -0.25) is 9.59 Å². The molecule has 3 rings (SSSR count). The third-order valence-corrected chi connectivity index (χ3v) is 4.66. The summed E-state index contributed by atoms with van der Waals surface area (Å²) in [7, 11) is 1.62. The first-order chi connectivity index (χ1) is 13.4. The fourth-order valence-electron chi connectivity index (χ4n) is 3.08. The van der Waals surface area contributed by atoms with Gasteiger partial charge in [-0.15, -0.1) is 0 Å². The molecule has 0 saturated heterocycles. The minimum absolute atomic E-state index is 0.0212. The van der Waals surface area contributed by atoms with Crippen LogP contribution in [0.4, 0.5) is 5.69 Å². The van der Waals surface area contributed by atoms with Crippen molar-refractivity contribution >= 4 is 17.5 Å². The number of para-hydroxylation sites is 1. The van der Waals surface area contributed by atoms with Crippen LogP contribution in [0, 0.1) is 20.8 Å². The molecule has 0 aliphatic carbocycles. The Morgan fingerprint density at radius 2 is 1.64 bits per heavy atom. The highest BCUT2D eigenvalue weighted by molar-refractivity contribution is 5.99. The number of rotatable bonds is 5. The molecule has 28 heavy (non-hydrogen) atoms. The number of hydrogen-bond acceptors (Lipinski definition) is 3. The highest BCUT2D eigenvalue weighted by atomic mass is 16.2. The summed E-state index contributed by atoms with van der Waals surface area (Å²) in [5.74, 6) is -0.433. The second-order valence-corrected chi connectivity index (χ2v) is 6.91. The van der Waals surface area contributed by atoms with Crippen molar-refractivity contribution in [3.8, 4) is 5.69 Å². The van der Waals surface area contributed by atoms with E-state index >= 15 is 0 Å². The van der Waals surface area contributed by atoms with Crippen LogP contribution in [0.5, 0.6) is 0 Å². The van der Waals surface area contributed by atoms with Crippen LogP contribution in [0.15, 0.2) is 54.7 Å². The Labute approximate surface area is 164 Å². The highest BCUT2D eigenvalue weighted by Gasteiger charge is 2.16. The van der Waals surface area contributed by atoms with E-state index in [4.69, 9.17) is 0 Å². The Morgan fingerprint density at radius 3 is 2.21 bits per heavy atom. The molecule has 1 N–H and O–H groups in total. The van der Waals surface area contributed by atoms with Gasteiger partial charge in [-0.2, -0.15) is 5.10 Å². The second-order valence-electron chi connectivity index (χ2n) is 6.91. The number of carbonyl (C=O) groups excluding carboxylic acids is 2. The third kappa shape index (κ3) is 4.11. The van der Waals surface area contributed by atoms with Gasteiger partial charge >= 0.3 is 0 Å². The van der Waals surface area contributed by atoms with Gasteiger partial charge in [-0.25, -0.2) is 4.68 Å². The molecule has 144 valence electrons. The summed E-state index contributed by atoms with van der Waals surface area (Å²) in [4.78, 5) is 26.5. The van der Waals surface area contributed by atoms with Gasteiger partial charge in [0.1, 0.15) is 0 Å². The summed E-state index contributed by atoms with van der Waals surface area (Å²) in [5, 5.41) is 7.16. The van der Waals surface area contributed by atoms with E-state index in [1.165, 1.54) is 4.90 Å². The van der Waals surface area contributed by atoms with Crippen LogP contribution in [0.3, 0.4) is 0 Å². The maximum Gasteiger partial charge on any atom is 0.254 e. The quantitative estimate of drug-likeness (QED) is 0.741. The number of likely N-dealkylation sites (N-methyl/N-ethyl adjacent to an activating group) is 1. The van der Waals surface area contributed by atoms with Crippen molar-refractivity contribution in [3.05, 3.63) is 77.1 Å². The van der Waals surface area contributed by atoms with E-state index in [0.29, 0.717) is 5.56 Å². The summed E-state index contributed by atoms with van der Waals surface area (Å²) in [5.41, 5.74) is 5.20. The van der Waals surface area contributed by atoms with Gasteiger partial charge in [0.15, 0.2) is 0 Å². The van der Waals surface area contributed by atoms with Gasteiger partial charge in [-0.05, 0) is 62.2 Å². The van der Waals surface area contributed by atoms with Crippen molar-refractivity contribution < 1.29 is 9.59 Å². The largest absolute Gasteiger partial charge is 0.332 e. The SMILES string of the molecule is Cc1cccc(C)c1NC(=O)CN(C)C(=O)c1ccc(-n2nccc2C)cc1. The molecule has 2 amide bonds. The summed E-state index contributed by atoms with van der Waals surface area (Å²) in [6, 6.07) is 14.9. The molecule has 0 fully saturated rings. The van der Waals surface area contributed by atoms with Crippen LogP contribution in [0.1, 0.15) is 27.2 Å². The van der Waals surface area contributed by atoms with Crippen LogP contribution in [-0.4, -0.2) is 40.1 Å². The molecular weight excluding hydrogens is 352 g/mol. The first kappa shape index (κ1) is 19.4. The number of hydrogen-bond donors (Lipinski definition) is 1. The monoisotopic (exact) mass is 376 g/mol. The molecule has 0 aliphatic heterocycles. The van der Waals surface area contributed by atoms with Crippen molar-refractivity contribution in [2.75, 3.05) is 18.9 Å². The lowest BCUT2D eigenvalue weighted by Gasteiger charge is -2.18. The lowest BCUT2D eigenvalue weighted by Crippen LogP contribution is -2.35. The van der Waals surface area contributed by atoms with Gasteiger partial charge in [-0.1, -0.05) is 18.2 Å². The number of nitrogens with one attached hydrogen (secondary N) is 1. The third-order valence-electron chi connectivity index (χ3n) is 4.66. The standard InChI is InChI=1S/C22H24N4O2/c1-15-6-5-7-16(2)21(15)24-20(27)14-25(4)22(28)18-8-10-19(11-9-18)26-17(3)12-13-23-26/h5-13H,14H2,1-4H3,(H,24,27). The molecule has 1 heterocycles. The lowest BCUT2D eigenvalue weighted by molar-refractivity contribution is -0.116. The van der Waals surface area contributed by atoms with Gasteiger partial charge in [0.25, 0.3) is 5.91 Å².